The molecular formula is C24H29N5O3. The number of anilines is 1. The van der Waals surface area contributed by atoms with Gasteiger partial charge in [0.15, 0.2) is 0 Å². The molecule has 1 aliphatic rings. The lowest BCUT2D eigenvalue weighted by atomic mass is 9.97. The van der Waals surface area contributed by atoms with Crippen LogP contribution in [0.15, 0.2) is 42.7 Å². The van der Waals surface area contributed by atoms with Crippen LogP contribution in [0.4, 0.5) is 5.95 Å². The maximum absolute atomic E-state index is 12.7. The molecule has 1 amide bonds. The van der Waals surface area contributed by atoms with Crippen LogP contribution in [0.5, 0.6) is 11.5 Å². The Kier molecular flexibility index (Phi) is 6.99. The Labute approximate surface area is 188 Å². The van der Waals surface area contributed by atoms with E-state index >= 15 is 0 Å². The molecule has 1 aromatic carbocycles. The van der Waals surface area contributed by atoms with Crippen LogP contribution in [0.2, 0.25) is 0 Å². The van der Waals surface area contributed by atoms with Crippen LogP contribution in [-0.4, -0.2) is 53.7 Å². The van der Waals surface area contributed by atoms with Crippen LogP contribution in [0.1, 0.15) is 25.5 Å². The minimum absolute atomic E-state index is 0.0448. The first-order valence-corrected chi connectivity index (χ1v) is 11.1. The molecule has 0 bridgehead atoms. The predicted octanol–water partition coefficient (Wildman–Crippen LogP) is 3.14. The molecule has 3 heterocycles. The lowest BCUT2D eigenvalue weighted by Crippen LogP contribution is -2.44. The summed E-state index contributed by atoms with van der Waals surface area (Å²) >= 11 is 0. The van der Waals surface area contributed by atoms with E-state index in [4.69, 9.17) is 19.4 Å². The molecule has 0 saturated carbocycles. The van der Waals surface area contributed by atoms with E-state index in [1.807, 2.05) is 44.2 Å². The zero-order valence-electron chi connectivity index (χ0n) is 18.6. The summed E-state index contributed by atoms with van der Waals surface area (Å²) in [6.07, 6.45) is 5.14. The van der Waals surface area contributed by atoms with Crippen molar-refractivity contribution in [2.24, 2.45) is 5.92 Å². The zero-order chi connectivity index (χ0) is 22.3. The zero-order valence-corrected chi connectivity index (χ0v) is 18.6. The molecule has 1 fully saturated rings. The van der Waals surface area contributed by atoms with E-state index < -0.39 is 0 Å². The van der Waals surface area contributed by atoms with E-state index in [0.717, 1.165) is 41.7 Å². The van der Waals surface area contributed by atoms with Crippen molar-refractivity contribution in [1.29, 1.82) is 0 Å². The van der Waals surface area contributed by atoms with Gasteiger partial charge in [-0.1, -0.05) is 0 Å². The maximum atomic E-state index is 12.7. The third kappa shape index (κ3) is 5.25. The van der Waals surface area contributed by atoms with Gasteiger partial charge in [-0.2, -0.15) is 0 Å². The van der Waals surface area contributed by atoms with Crippen LogP contribution >= 0.6 is 0 Å². The summed E-state index contributed by atoms with van der Waals surface area (Å²) in [4.78, 5) is 28.3. The number of pyridine rings is 1. The first-order valence-electron chi connectivity index (χ1n) is 11.1. The molecular weight excluding hydrogens is 406 g/mol. The van der Waals surface area contributed by atoms with Crippen molar-refractivity contribution in [2.45, 2.75) is 26.7 Å². The van der Waals surface area contributed by atoms with Gasteiger partial charge in [0.25, 0.3) is 0 Å². The highest BCUT2D eigenvalue weighted by molar-refractivity contribution is 5.83. The van der Waals surface area contributed by atoms with E-state index in [-0.39, 0.29) is 11.8 Å². The molecule has 0 unspecified atom stereocenters. The van der Waals surface area contributed by atoms with E-state index in [9.17, 15) is 4.79 Å². The van der Waals surface area contributed by atoms with Crippen LogP contribution in [-0.2, 0) is 4.79 Å². The van der Waals surface area contributed by atoms with E-state index in [1.54, 1.807) is 12.4 Å². The summed E-state index contributed by atoms with van der Waals surface area (Å²) < 4.78 is 11.2. The quantitative estimate of drug-likeness (QED) is 0.544. The molecule has 0 aliphatic carbocycles. The van der Waals surface area contributed by atoms with Gasteiger partial charge in [0.1, 0.15) is 18.1 Å². The molecule has 0 radical (unpaired) electrons. The minimum Gasteiger partial charge on any atom is -0.494 e. The highest BCUT2D eigenvalue weighted by Gasteiger charge is 2.27. The van der Waals surface area contributed by atoms with Crippen LogP contribution in [0.3, 0.4) is 0 Å². The lowest BCUT2D eigenvalue weighted by molar-refractivity contribution is -0.125. The Hall–Kier alpha value is -3.42. The third-order valence-electron chi connectivity index (χ3n) is 5.54. The first-order chi connectivity index (χ1) is 15.6. The molecule has 32 heavy (non-hydrogen) atoms. The molecule has 4 rings (SSSR count). The number of aryl methyl sites for hydroxylation is 1. The summed E-state index contributed by atoms with van der Waals surface area (Å²) in [5.41, 5.74) is 1.79. The number of nitrogens with zero attached hydrogens (tertiary/aromatic N) is 4. The fourth-order valence-electron chi connectivity index (χ4n) is 3.94. The van der Waals surface area contributed by atoms with Crippen LogP contribution in [0.25, 0.3) is 10.9 Å². The van der Waals surface area contributed by atoms with Gasteiger partial charge in [-0.15, -0.1) is 0 Å². The second kappa shape index (κ2) is 10.3. The van der Waals surface area contributed by atoms with Crippen LogP contribution in [0, 0.1) is 12.8 Å². The predicted molar refractivity (Wildman–Crippen MR) is 123 cm³/mol. The minimum atomic E-state index is -0.0953. The largest absolute Gasteiger partial charge is 0.494 e. The summed E-state index contributed by atoms with van der Waals surface area (Å²) in [5, 5.41) is 3.97. The number of hydrogen-bond donors (Lipinski definition) is 1. The van der Waals surface area contributed by atoms with Crippen molar-refractivity contribution in [2.75, 3.05) is 37.7 Å². The van der Waals surface area contributed by atoms with Crippen LogP contribution < -0.4 is 19.7 Å². The summed E-state index contributed by atoms with van der Waals surface area (Å²) in [5.74, 6) is 2.14. The normalized spacial score (nSPS) is 16.1. The number of fused-ring (bicyclic) bond motifs is 1. The van der Waals surface area contributed by atoms with Crippen molar-refractivity contribution < 1.29 is 14.3 Å². The Morgan fingerprint density at radius 1 is 1.22 bits per heavy atom. The number of carbonyl (C=O) groups excluding carboxylic acids is 1. The fraction of sp³-hybridized carbons (Fsp3) is 0.417. The highest BCUT2D eigenvalue weighted by atomic mass is 16.5. The molecule has 1 saturated heterocycles. The Morgan fingerprint density at radius 3 is 2.94 bits per heavy atom. The van der Waals surface area contributed by atoms with Gasteiger partial charge in [0.2, 0.25) is 11.9 Å². The van der Waals surface area contributed by atoms with Crippen molar-refractivity contribution in [3.8, 4) is 11.5 Å². The molecule has 1 N–H and O–H groups in total. The van der Waals surface area contributed by atoms with E-state index in [1.165, 1.54) is 0 Å². The number of carbonyl (C=O) groups is 1. The Balaban J connectivity index is 1.36. The molecule has 168 valence electrons. The molecule has 1 atom stereocenters. The lowest BCUT2D eigenvalue weighted by Gasteiger charge is -2.32. The molecule has 8 nitrogen and oxygen atoms in total. The summed E-state index contributed by atoms with van der Waals surface area (Å²) in [6, 6.07) is 9.55. The number of aromatic nitrogens is 3. The van der Waals surface area contributed by atoms with E-state index in [0.29, 0.717) is 38.0 Å². The molecule has 2 aromatic heterocycles. The van der Waals surface area contributed by atoms with Gasteiger partial charge < -0.3 is 19.7 Å². The SMILES string of the molecule is CCOc1ccc2nc(N3CCC[C@@H](C(=O)NCCOc4cccnc4)C3)nc(C)c2c1. The second-order valence-electron chi connectivity index (χ2n) is 7.83. The van der Waals surface area contributed by atoms with Gasteiger partial charge in [-0.25, -0.2) is 9.97 Å². The highest BCUT2D eigenvalue weighted by Crippen LogP contribution is 2.26. The number of piperidine rings is 1. The molecule has 3 aromatic rings. The fourth-order valence-corrected chi connectivity index (χ4v) is 3.94. The number of amides is 1. The van der Waals surface area contributed by atoms with Gasteiger partial charge in [0.05, 0.1) is 36.5 Å². The topological polar surface area (TPSA) is 89.5 Å². The first kappa shape index (κ1) is 21.8. The maximum Gasteiger partial charge on any atom is 0.226 e. The average Bonchev–Trinajstić information content (AvgIpc) is 2.83. The molecule has 0 spiro atoms. The summed E-state index contributed by atoms with van der Waals surface area (Å²) in [7, 11) is 0. The van der Waals surface area contributed by atoms with Gasteiger partial charge in [-0.05, 0) is 57.0 Å². The van der Waals surface area contributed by atoms with Crippen molar-refractivity contribution in [3.63, 3.8) is 0 Å². The second-order valence-corrected chi connectivity index (χ2v) is 7.83. The van der Waals surface area contributed by atoms with Crippen molar-refractivity contribution in [1.82, 2.24) is 20.3 Å². The third-order valence-corrected chi connectivity index (χ3v) is 5.54. The monoisotopic (exact) mass is 435 g/mol. The van der Waals surface area contributed by atoms with Crippen molar-refractivity contribution >= 4 is 22.8 Å². The van der Waals surface area contributed by atoms with Gasteiger partial charge in [-0.3, -0.25) is 9.78 Å². The Bertz CT molecular complexity index is 1060. The molecule has 1 aliphatic heterocycles. The van der Waals surface area contributed by atoms with Gasteiger partial charge in [0, 0.05) is 24.7 Å². The number of nitrogens with one attached hydrogen (secondary N) is 1. The number of benzene rings is 1. The number of ether oxygens (including phenoxy) is 2. The molecule has 8 heteroatoms. The number of hydrogen-bond acceptors (Lipinski definition) is 7. The van der Waals surface area contributed by atoms with Gasteiger partial charge >= 0.3 is 0 Å². The Morgan fingerprint density at radius 2 is 2.12 bits per heavy atom. The smallest absolute Gasteiger partial charge is 0.226 e. The van der Waals surface area contributed by atoms with E-state index in [2.05, 4.69) is 15.2 Å². The number of rotatable bonds is 8. The standard InChI is InChI=1S/C24H29N5O3/c1-3-31-19-8-9-22-21(14-19)17(2)27-24(28-22)29-12-5-6-18(16-29)23(30)26-11-13-32-20-7-4-10-25-15-20/h4,7-10,14-15,18H,3,5-6,11-13,16H2,1-2H3,(H,26,30)/t18-/m1/s1. The average molecular weight is 436 g/mol. The summed E-state index contributed by atoms with van der Waals surface area (Å²) in [6.45, 7) is 6.89. The van der Waals surface area contributed by atoms with Crippen molar-refractivity contribution in [3.05, 3.63) is 48.4 Å².